The number of nitrogens with one attached hydrogen (secondary N) is 1. The van der Waals surface area contributed by atoms with Crippen LogP contribution in [0, 0.1) is 0 Å². The first-order valence-electron chi connectivity index (χ1n) is 11.6. The number of aromatic nitrogens is 1. The van der Waals surface area contributed by atoms with Gasteiger partial charge >= 0.3 is 0 Å². The number of rotatable bonds is 7. The number of nitrogens with zero attached hydrogens (tertiary/aromatic N) is 3. The predicted molar refractivity (Wildman–Crippen MR) is 138 cm³/mol. The molecule has 2 aliphatic rings. The number of piperidine rings is 1. The molecule has 2 fully saturated rings. The zero-order valence-corrected chi connectivity index (χ0v) is 21.3. The van der Waals surface area contributed by atoms with Gasteiger partial charge in [0.2, 0.25) is 0 Å². The summed E-state index contributed by atoms with van der Waals surface area (Å²) in [6, 6.07) is 6.67. The van der Waals surface area contributed by atoms with Crippen LogP contribution in [-0.4, -0.2) is 74.1 Å². The van der Waals surface area contributed by atoms with E-state index in [0.29, 0.717) is 41.3 Å². The van der Waals surface area contributed by atoms with Gasteiger partial charge < -0.3 is 14.8 Å². The molecule has 1 aliphatic carbocycles. The molecule has 1 saturated carbocycles. The van der Waals surface area contributed by atoms with Crippen molar-refractivity contribution in [2.24, 2.45) is 5.16 Å². The van der Waals surface area contributed by atoms with E-state index in [0.717, 1.165) is 37.0 Å². The van der Waals surface area contributed by atoms with Crippen LogP contribution in [0.1, 0.15) is 53.8 Å². The minimum Gasteiger partial charge on any atom is -0.393 e. The van der Waals surface area contributed by atoms with Gasteiger partial charge in [-0.05, 0) is 66.0 Å². The summed E-state index contributed by atoms with van der Waals surface area (Å²) in [4.78, 5) is 38.5. The number of thiazole rings is 1. The molecule has 0 bridgehead atoms. The van der Waals surface area contributed by atoms with Gasteiger partial charge in [0.15, 0.2) is 10.8 Å². The lowest BCUT2D eigenvalue weighted by Gasteiger charge is -2.29. The van der Waals surface area contributed by atoms with E-state index in [1.165, 1.54) is 6.20 Å². The second kappa shape index (κ2) is 10.9. The average molecular weight is 519 g/mol. The van der Waals surface area contributed by atoms with Crippen LogP contribution in [0.25, 0.3) is 0 Å². The van der Waals surface area contributed by atoms with E-state index in [9.17, 15) is 18.9 Å². The van der Waals surface area contributed by atoms with Gasteiger partial charge in [0.05, 0.1) is 12.3 Å². The Morgan fingerprint density at radius 3 is 2.49 bits per heavy atom. The first kappa shape index (κ1) is 25.3. The standard InChI is InChI=1S/C24H30N4O5S2/c1-35(2,32)19-9-7-16(8-10-19)21(27-33-18-5-3-4-6-18)22(30)26-24-25-15-20(34-24)23(31)28-13-11-17(29)12-14-28/h7-10,15,17-18,29H,1,3-6,11-14H2,2H3,(H,25,26,30)/b27-21+. The van der Waals surface area contributed by atoms with Crippen molar-refractivity contribution >= 4 is 49.4 Å². The molecule has 11 heteroatoms. The molecule has 1 atom stereocenters. The monoisotopic (exact) mass is 518 g/mol. The lowest BCUT2D eigenvalue weighted by Crippen LogP contribution is -2.39. The molecule has 0 spiro atoms. The second-order valence-corrected chi connectivity index (χ2v) is 12.5. The third-order valence-electron chi connectivity index (χ3n) is 6.13. The summed E-state index contributed by atoms with van der Waals surface area (Å²) in [7, 11) is -2.39. The molecule has 2 heterocycles. The Morgan fingerprint density at radius 1 is 1.20 bits per heavy atom. The first-order valence-corrected chi connectivity index (χ1v) is 14.6. The summed E-state index contributed by atoms with van der Waals surface area (Å²) >= 11 is 1.09. The minimum absolute atomic E-state index is 0.0292. The minimum atomic E-state index is -2.39. The highest BCUT2D eigenvalue weighted by molar-refractivity contribution is 7.99. The zero-order valence-electron chi connectivity index (χ0n) is 19.6. The first-order chi connectivity index (χ1) is 16.7. The van der Waals surface area contributed by atoms with Crippen LogP contribution in [0.5, 0.6) is 0 Å². The lowest BCUT2D eigenvalue weighted by molar-refractivity contribution is -0.110. The number of likely N-dealkylation sites (tertiary alicyclic amines) is 1. The molecule has 1 aliphatic heterocycles. The molecule has 188 valence electrons. The second-order valence-electron chi connectivity index (χ2n) is 8.99. The number of oxime groups is 1. The van der Waals surface area contributed by atoms with Gasteiger partial charge in [0, 0.05) is 29.8 Å². The largest absolute Gasteiger partial charge is 0.393 e. The highest BCUT2D eigenvalue weighted by Crippen LogP contribution is 2.24. The van der Waals surface area contributed by atoms with E-state index in [-0.39, 0.29) is 29.0 Å². The van der Waals surface area contributed by atoms with Gasteiger partial charge in [-0.3, -0.25) is 19.1 Å². The summed E-state index contributed by atoms with van der Waals surface area (Å²) in [5, 5.41) is 16.8. The third-order valence-corrected chi connectivity index (χ3v) is 8.30. The van der Waals surface area contributed by atoms with Gasteiger partial charge in [0.25, 0.3) is 11.8 Å². The van der Waals surface area contributed by atoms with Crippen molar-refractivity contribution in [2.75, 3.05) is 24.7 Å². The van der Waals surface area contributed by atoms with E-state index in [4.69, 9.17) is 4.84 Å². The van der Waals surface area contributed by atoms with Gasteiger partial charge in [-0.2, -0.15) is 0 Å². The highest BCUT2D eigenvalue weighted by atomic mass is 32.2. The number of hydrogen-bond acceptors (Lipinski definition) is 8. The number of anilines is 1. The van der Waals surface area contributed by atoms with Gasteiger partial charge in [0.1, 0.15) is 11.0 Å². The van der Waals surface area contributed by atoms with E-state index in [1.54, 1.807) is 35.4 Å². The molecule has 2 amide bonds. The van der Waals surface area contributed by atoms with Crippen molar-refractivity contribution in [3.05, 3.63) is 40.9 Å². The number of benzene rings is 1. The Hall–Kier alpha value is -2.76. The summed E-state index contributed by atoms with van der Waals surface area (Å²) in [5.74, 6) is 3.01. The number of carbonyl (C=O) groups excluding carboxylic acids is 2. The smallest absolute Gasteiger partial charge is 0.280 e. The van der Waals surface area contributed by atoms with Crippen LogP contribution in [-0.2, 0) is 19.2 Å². The van der Waals surface area contributed by atoms with Gasteiger partial charge in [-0.15, -0.1) is 0 Å². The van der Waals surface area contributed by atoms with Crippen molar-refractivity contribution < 1.29 is 23.7 Å². The number of hydrogen-bond donors (Lipinski definition) is 2. The van der Waals surface area contributed by atoms with Crippen LogP contribution in [0.3, 0.4) is 0 Å². The number of aliphatic hydroxyl groups excluding tert-OH is 1. The maximum absolute atomic E-state index is 13.2. The van der Waals surface area contributed by atoms with Crippen molar-refractivity contribution in [1.29, 1.82) is 0 Å². The number of carbonyl (C=O) groups is 2. The Bertz CT molecular complexity index is 1190. The van der Waals surface area contributed by atoms with Gasteiger partial charge in [-0.25, -0.2) is 4.98 Å². The third kappa shape index (κ3) is 6.47. The summed E-state index contributed by atoms with van der Waals surface area (Å²) in [6.45, 7) is 0.977. The summed E-state index contributed by atoms with van der Waals surface area (Å²) in [6.07, 6.45) is 7.62. The van der Waals surface area contributed by atoms with E-state index in [2.05, 4.69) is 21.3 Å². The topological polar surface area (TPSA) is 121 Å². The van der Waals surface area contributed by atoms with Crippen LogP contribution in [0.4, 0.5) is 5.13 Å². The fraction of sp³-hybridized carbons (Fsp3) is 0.458. The Morgan fingerprint density at radius 2 is 1.86 bits per heavy atom. The van der Waals surface area contributed by atoms with Crippen molar-refractivity contribution in [1.82, 2.24) is 9.88 Å². The molecule has 0 radical (unpaired) electrons. The Labute approximate surface area is 209 Å². The van der Waals surface area contributed by atoms with Gasteiger partial charge in [-0.1, -0.05) is 28.6 Å². The lowest BCUT2D eigenvalue weighted by atomic mass is 10.1. The quantitative estimate of drug-likeness (QED) is 0.330. The zero-order chi connectivity index (χ0) is 25.0. The molecule has 4 rings (SSSR count). The Kier molecular flexibility index (Phi) is 7.88. The van der Waals surface area contributed by atoms with Crippen molar-refractivity contribution in [2.45, 2.75) is 55.6 Å². The Balaban J connectivity index is 1.50. The SMILES string of the molecule is C=S(C)(=O)c1ccc(/C(=N\OC2CCCC2)C(=O)Nc2ncc(C(=O)N3CCC(O)CC3)s2)cc1. The molecule has 1 aromatic heterocycles. The van der Waals surface area contributed by atoms with Crippen LogP contribution in [0.15, 0.2) is 40.5 Å². The maximum atomic E-state index is 13.2. The molecular weight excluding hydrogens is 488 g/mol. The summed E-state index contributed by atoms with van der Waals surface area (Å²) < 4.78 is 12.2. The average Bonchev–Trinajstić information content (AvgIpc) is 3.51. The van der Waals surface area contributed by atoms with Crippen LogP contribution < -0.4 is 5.32 Å². The molecule has 1 aromatic carbocycles. The van der Waals surface area contributed by atoms with Crippen LogP contribution in [0.2, 0.25) is 0 Å². The molecular formula is C24H30N4O5S2. The van der Waals surface area contributed by atoms with E-state index < -0.39 is 15.4 Å². The molecule has 1 saturated heterocycles. The fourth-order valence-electron chi connectivity index (χ4n) is 4.06. The molecule has 9 nitrogen and oxygen atoms in total. The molecule has 2 N–H and O–H groups in total. The number of aliphatic hydroxyl groups is 1. The number of amides is 2. The van der Waals surface area contributed by atoms with E-state index >= 15 is 0 Å². The normalized spacial score (nSPS) is 19.4. The van der Waals surface area contributed by atoms with E-state index in [1.807, 2.05) is 0 Å². The fourth-order valence-corrected chi connectivity index (χ4v) is 5.55. The van der Waals surface area contributed by atoms with Crippen LogP contribution >= 0.6 is 11.3 Å². The van der Waals surface area contributed by atoms with Crippen molar-refractivity contribution in [3.63, 3.8) is 0 Å². The molecule has 2 aromatic rings. The molecule has 35 heavy (non-hydrogen) atoms. The maximum Gasteiger partial charge on any atom is 0.280 e. The summed E-state index contributed by atoms with van der Waals surface area (Å²) in [5.41, 5.74) is 0.579. The van der Waals surface area contributed by atoms with Crippen molar-refractivity contribution in [3.8, 4) is 0 Å². The molecule has 1 unspecified atom stereocenters. The predicted octanol–water partition coefficient (Wildman–Crippen LogP) is 2.75. The highest BCUT2D eigenvalue weighted by Gasteiger charge is 2.25.